The van der Waals surface area contributed by atoms with E-state index in [0.717, 1.165) is 21.2 Å². The van der Waals surface area contributed by atoms with E-state index in [1.165, 1.54) is 23.5 Å². The molecule has 0 radical (unpaired) electrons. The molecule has 2 aliphatic heterocycles. The van der Waals surface area contributed by atoms with Crippen LogP contribution in [0.15, 0.2) is 61.7 Å². The number of hydrogen-bond donors (Lipinski definition) is 2. The number of amides is 2. The van der Waals surface area contributed by atoms with Crippen LogP contribution in [0.3, 0.4) is 0 Å². The monoisotopic (exact) mass is 330 g/mol. The van der Waals surface area contributed by atoms with E-state index < -0.39 is 0 Å². The van der Waals surface area contributed by atoms with E-state index in [9.17, 15) is 9.59 Å². The van der Waals surface area contributed by atoms with Crippen LogP contribution in [-0.2, 0) is 9.59 Å². The Morgan fingerprint density at radius 1 is 0.909 bits per heavy atom. The summed E-state index contributed by atoms with van der Waals surface area (Å²) in [6.07, 6.45) is 3.78. The van der Waals surface area contributed by atoms with Crippen LogP contribution in [0.4, 0.5) is 5.69 Å². The van der Waals surface area contributed by atoms with Crippen LogP contribution in [0.5, 0.6) is 0 Å². The summed E-state index contributed by atoms with van der Waals surface area (Å²) >= 11 is 2.67. The number of hydrogen-bond acceptors (Lipinski definition) is 4. The number of benzene rings is 1. The predicted octanol–water partition coefficient (Wildman–Crippen LogP) is 3.61. The van der Waals surface area contributed by atoms with Crippen molar-refractivity contribution in [1.29, 1.82) is 0 Å². The summed E-state index contributed by atoms with van der Waals surface area (Å²) in [5, 5.41) is 5.68. The van der Waals surface area contributed by atoms with Gasteiger partial charge in [0.2, 0.25) is 0 Å². The van der Waals surface area contributed by atoms with Crippen LogP contribution in [-0.4, -0.2) is 11.8 Å². The van der Waals surface area contributed by atoms with Crippen molar-refractivity contribution in [2.75, 3.05) is 5.32 Å². The molecule has 2 amide bonds. The molecular weight excluding hydrogens is 316 g/mol. The summed E-state index contributed by atoms with van der Waals surface area (Å²) in [7, 11) is 0. The number of carbonyl (C=O) groups is 2. The van der Waals surface area contributed by atoms with Crippen molar-refractivity contribution < 1.29 is 9.59 Å². The van der Waals surface area contributed by atoms with Gasteiger partial charge < -0.3 is 10.6 Å². The highest BCUT2D eigenvalue weighted by Crippen LogP contribution is 2.45. The maximum atomic E-state index is 12.3. The zero-order valence-corrected chi connectivity index (χ0v) is 13.7. The standard InChI is InChI=1S/C16H14N2O2S2/c1-3-9-11(4-2)21-13(15(19)17-9)14-16(20)18-10-7-5-6-8-12(10)22-14/h3-8H,1-2H3,(H,17,19)(H,18,20)/b9-3+,11-4+,14-13+. The van der Waals surface area contributed by atoms with Gasteiger partial charge in [0, 0.05) is 9.80 Å². The molecule has 22 heavy (non-hydrogen) atoms. The second kappa shape index (κ2) is 6.06. The smallest absolute Gasteiger partial charge is 0.263 e. The molecule has 0 spiro atoms. The third-order valence-corrected chi connectivity index (χ3v) is 5.81. The van der Waals surface area contributed by atoms with Crippen molar-refractivity contribution in [3.05, 3.63) is 56.8 Å². The molecule has 4 nitrogen and oxygen atoms in total. The number of nitrogens with one attached hydrogen (secondary N) is 2. The highest BCUT2D eigenvalue weighted by Gasteiger charge is 2.31. The van der Waals surface area contributed by atoms with Gasteiger partial charge in [-0.15, -0.1) is 0 Å². The van der Waals surface area contributed by atoms with E-state index in [-0.39, 0.29) is 11.8 Å². The number of anilines is 1. The molecule has 0 aliphatic carbocycles. The topological polar surface area (TPSA) is 58.2 Å². The van der Waals surface area contributed by atoms with Gasteiger partial charge in [-0.25, -0.2) is 0 Å². The van der Waals surface area contributed by atoms with Gasteiger partial charge in [0.05, 0.1) is 21.2 Å². The second-order valence-electron chi connectivity index (χ2n) is 4.62. The molecule has 0 atom stereocenters. The lowest BCUT2D eigenvalue weighted by Gasteiger charge is -2.25. The van der Waals surface area contributed by atoms with E-state index in [1.54, 1.807) is 0 Å². The van der Waals surface area contributed by atoms with Crippen molar-refractivity contribution in [2.45, 2.75) is 18.7 Å². The van der Waals surface area contributed by atoms with E-state index in [2.05, 4.69) is 10.6 Å². The van der Waals surface area contributed by atoms with Gasteiger partial charge in [-0.2, -0.15) is 0 Å². The van der Waals surface area contributed by atoms with Crippen LogP contribution < -0.4 is 10.6 Å². The second-order valence-corrected chi connectivity index (χ2v) is 6.73. The minimum atomic E-state index is -0.235. The lowest BCUT2D eigenvalue weighted by molar-refractivity contribution is -0.117. The van der Waals surface area contributed by atoms with Gasteiger partial charge >= 0.3 is 0 Å². The van der Waals surface area contributed by atoms with Crippen molar-refractivity contribution in [3.63, 3.8) is 0 Å². The van der Waals surface area contributed by atoms with Gasteiger partial charge in [-0.3, -0.25) is 9.59 Å². The summed E-state index contributed by atoms with van der Waals surface area (Å²) < 4.78 is 0. The fourth-order valence-electron chi connectivity index (χ4n) is 2.17. The number of para-hydroxylation sites is 1. The molecule has 1 aromatic rings. The molecule has 2 heterocycles. The first-order valence-electron chi connectivity index (χ1n) is 6.78. The number of carbonyl (C=O) groups excluding carboxylic acids is 2. The van der Waals surface area contributed by atoms with Gasteiger partial charge in [-0.05, 0) is 26.0 Å². The predicted molar refractivity (Wildman–Crippen MR) is 91.2 cm³/mol. The summed E-state index contributed by atoms with van der Waals surface area (Å²) in [4.78, 5) is 27.4. The Balaban J connectivity index is 2.03. The molecule has 0 unspecified atom stereocenters. The Kier molecular flexibility index (Phi) is 4.13. The number of fused-ring (bicyclic) bond motifs is 1. The Hall–Kier alpha value is -1.92. The fraction of sp³-hybridized carbons (Fsp3) is 0.125. The molecular formula is C16H14N2O2S2. The first-order chi connectivity index (χ1) is 10.6. The van der Waals surface area contributed by atoms with E-state index >= 15 is 0 Å². The molecule has 112 valence electrons. The molecule has 0 saturated carbocycles. The Bertz CT molecular complexity index is 763. The van der Waals surface area contributed by atoms with Crippen molar-refractivity contribution in [1.82, 2.24) is 5.32 Å². The van der Waals surface area contributed by atoms with Crippen LogP contribution >= 0.6 is 23.5 Å². The average molecular weight is 330 g/mol. The summed E-state index contributed by atoms with van der Waals surface area (Å²) in [5.41, 5.74) is 1.56. The minimum Gasteiger partial charge on any atom is -0.321 e. The third-order valence-electron chi connectivity index (χ3n) is 3.24. The van der Waals surface area contributed by atoms with Crippen molar-refractivity contribution in [2.24, 2.45) is 0 Å². The van der Waals surface area contributed by atoms with Gasteiger partial charge in [0.15, 0.2) is 0 Å². The van der Waals surface area contributed by atoms with E-state index in [1.807, 2.05) is 50.3 Å². The Morgan fingerprint density at radius 2 is 1.59 bits per heavy atom. The maximum Gasteiger partial charge on any atom is 0.263 e. The van der Waals surface area contributed by atoms with E-state index in [4.69, 9.17) is 0 Å². The molecule has 0 aromatic heterocycles. The molecule has 1 fully saturated rings. The largest absolute Gasteiger partial charge is 0.321 e. The number of rotatable bonds is 0. The zero-order valence-electron chi connectivity index (χ0n) is 12.1. The minimum absolute atomic E-state index is 0.235. The highest BCUT2D eigenvalue weighted by atomic mass is 32.2. The van der Waals surface area contributed by atoms with Crippen LogP contribution in [0.2, 0.25) is 0 Å². The average Bonchev–Trinajstić information content (AvgIpc) is 2.54. The maximum absolute atomic E-state index is 12.3. The zero-order chi connectivity index (χ0) is 15.7. The molecule has 1 aromatic carbocycles. The molecule has 2 aliphatic rings. The quantitative estimate of drug-likeness (QED) is 0.714. The molecule has 1 saturated heterocycles. The van der Waals surface area contributed by atoms with E-state index in [0.29, 0.717) is 9.81 Å². The van der Waals surface area contributed by atoms with Gasteiger partial charge in [0.25, 0.3) is 11.8 Å². The van der Waals surface area contributed by atoms with Crippen molar-refractivity contribution >= 4 is 41.0 Å². The van der Waals surface area contributed by atoms with Crippen LogP contribution in [0, 0.1) is 0 Å². The Labute approximate surface area is 137 Å². The van der Waals surface area contributed by atoms with Crippen molar-refractivity contribution in [3.8, 4) is 0 Å². The molecule has 3 rings (SSSR count). The Morgan fingerprint density at radius 3 is 2.32 bits per heavy atom. The molecule has 0 bridgehead atoms. The lowest BCUT2D eigenvalue weighted by Crippen LogP contribution is -2.31. The number of thioether (sulfide) groups is 2. The summed E-state index contributed by atoms with van der Waals surface area (Å²) in [6, 6.07) is 7.56. The van der Waals surface area contributed by atoms with Gasteiger partial charge in [-0.1, -0.05) is 47.8 Å². The lowest BCUT2D eigenvalue weighted by atomic mass is 10.3. The first-order valence-corrected chi connectivity index (χ1v) is 8.42. The molecule has 6 heteroatoms. The highest BCUT2D eigenvalue weighted by molar-refractivity contribution is 8.10. The first kappa shape index (κ1) is 15.0. The van der Waals surface area contributed by atoms with Crippen LogP contribution in [0.25, 0.3) is 0 Å². The normalized spacial score (nSPS) is 25.0. The SMILES string of the molecule is C/C=C1/NC(=O)/C(=C2\Sc3ccccc3NC2=O)S/C1=C/C. The molecule has 2 N–H and O–H groups in total. The summed E-state index contributed by atoms with van der Waals surface area (Å²) in [5.74, 6) is -0.471. The third kappa shape index (κ3) is 2.60. The number of allylic oxidation sites excluding steroid dienone is 2. The van der Waals surface area contributed by atoms with Gasteiger partial charge in [0.1, 0.15) is 0 Å². The van der Waals surface area contributed by atoms with Crippen LogP contribution in [0.1, 0.15) is 13.8 Å². The summed E-state index contributed by atoms with van der Waals surface area (Å²) in [6.45, 7) is 3.78. The fourth-order valence-corrected chi connectivity index (χ4v) is 4.29.